The second-order valence-corrected chi connectivity index (χ2v) is 6.85. The standard InChI is InChI=1S/C19H23F2N5O2/c1-4-26-22-12(2)16(23-26)19(28)25-10-9-15(11-25)24(3)18(27)14-7-5-13(6-8-14)17(20)21/h5-8,15,17H,4,9-11H2,1-3H3. The van der Waals surface area contributed by atoms with E-state index in [-0.39, 0.29) is 23.4 Å². The van der Waals surface area contributed by atoms with Crippen molar-refractivity contribution in [1.29, 1.82) is 0 Å². The minimum Gasteiger partial charge on any atom is -0.337 e. The fourth-order valence-electron chi connectivity index (χ4n) is 3.30. The molecule has 0 aliphatic carbocycles. The number of halogens is 2. The van der Waals surface area contributed by atoms with Crippen LogP contribution in [0, 0.1) is 6.92 Å². The van der Waals surface area contributed by atoms with Gasteiger partial charge in [0.05, 0.1) is 18.3 Å². The highest BCUT2D eigenvalue weighted by Gasteiger charge is 2.33. The summed E-state index contributed by atoms with van der Waals surface area (Å²) in [7, 11) is 1.67. The Bertz CT molecular complexity index is 866. The van der Waals surface area contributed by atoms with Gasteiger partial charge in [-0.1, -0.05) is 12.1 Å². The van der Waals surface area contributed by atoms with Crippen LogP contribution in [0.1, 0.15) is 51.9 Å². The highest BCUT2D eigenvalue weighted by Crippen LogP contribution is 2.22. The number of rotatable bonds is 5. The number of aromatic nitrogens is 3. The maximum Gasteiger partial charge on any atom is 0.276 e. The molecule has 1 unspecified atom stereocenters. The number of carbonyl (C=O) groups excluding carboxylic acids is 2. The molecule has 9 heteroatoms. The molecule has 2 amide bonds. The number of carbonyl (C=O) groups is 2. The summed E-state index contributed by atoms with van der Waals surface area (Å²) in [5.74, 6) is -0.449. The van der Waals surface area contributed by atoms with Gasteiger partial charge in [-0.25, -0.2) is 8.78 Å². The molecule has 1 atom stereocenters. The third kappa shape index (κ3) is 3.88. The molecule has 1 fully saturated rings. The predicted octanol–water partition coefficient (Wildman–Crippen LogP) is 2.53. The quantitative estimate of drug-likeness (QED) is 0.785. The van der Waals surface area contributed by atoms with Gasteiger partial charge in [0.15, 0.2) is 5.69 Å². The highest BCUT2D eigenvalue weighted by molar-refractivity contribution is 5.95. The molecule has 3 rings (SSSR count). The normalized spacial score (nSPS) is 16.6. The number of amides is 2. The molecule has 0 spiro atoms. The zero-order chi connectivity index (χ0) is 20.4. The van der Waals surface area contributed by atoms with E-state index in [2.05, 4.69) is 10.2 Å². The van der Waals surface area contributed by atoms with E-state index in [4.69, 9.17) is 0 Å². The van der Waals surface area contributed by atoms with Crippen LogP contribution >= 0.6 is 0 Å². The summed E-state index contributed by atoms with van der Waals surface area (Å²) in [6, 6.07) is 5.19. The predicted molar refractivity (Wildman–Crippen MR) is 98.2 cm³/mol. The van der Waals surface area contributed by atoms with E-state index in [1.165, 1.54) is 29.1 Å². The van der Waals surface area contributed by atoms with E-state index in [0.717, 1.165) is 0 Å². The molecule has 2 aromatic rings. The molecule has 1 aliphatic rings. The molecule has 1 aliphatic heterocycles. The number of aryl methyl sites for hydroxylation is 2. The maximum atomic E-state index is 12.7. The number of likely N-dealkylation sites (tertiary alicyclic amines) is 1. The van der Waals surface area contributed by atoms with E-state index in [9.17, 15) is 18.4 Å². The van der Waals surface area contributed by atoms with Crippen LogP contribution in [0.15, 0.2) is 24.3 Å². The summed E-state index contributed by atoms with van der Waals surface area (Å²) in [6.45, 7) is 5.14. The Kier molecular flexibility index (Phi) is 5.71. The highest BCUT2D eigenvalue weighted by atomic mass is 19.3. The summed E-state index contributed by atoms with van der Waals surface area (Å²) in [4.78, 5) is 30.1. The molecule has 28 heavy (non-hydrogen) atoms. The Labute approximate surface area is 161 Å². The van der Waals surface area contributed by atoms with Gasteiger partial charge in [0, 0.05) is 31.3 Å². The molecular formula is C19H23F2N5O2. The van der Waals surface area contributed by atoms with Crippen molar-refractivity contribution in [2.24, 2.45) is 0 Å². The van der Waals surface area contributed by atoms with Gasteiger partial charge in [0.25, 0.3) is 18.2 Å². The van der Waals surface area contributed by atoms with Crippen LogP contribution in [0.3, 0.4) is 0 Å². The first-order valence-electron chi connectivity index (χ1n) is 9.18. The van der Waals surface area contributed by atoms with Gasteiger partial charge in [-0.3, -0.25) is 9.59 Å². The SMILES string of the molecule is CCn1nc(C)c(C(=O)N2CCC(N(C)C(=O)c3ccc(C(F)F)cc3)C2)n1. The first-order valence-corrected chi connectivity index (χ1v) is 9.18. The summed E-state index contributed by atoms with van der Waals surface area (Å²) in [5.41, 5.74) is 1.14. The lowest BCUT2D eigenvalue weighted by atomic mass is 10.1. The topological polar surface area (TPSA) is 71.3 Å². The number of hydrogen-bond acceptors (Lipinski definition) is 4. The van der Waals surface area contributed by atoms with Crippen molar-refractivity contribution < 1.29 is 18.4 Å². The van der Waals surface area contributed by atoms with E-state index in [1.54, 1.807) is 23.8 Å². The van der Waals surface area contributed by atoms with Gasteiger partial charge in [0.2, 0.25) is 0 Å². The van der Waals surface area contributed by atoms with E-state index >= 15 is 0 Å². The first kappa shape index (κ1) is 19.9. The van der Waals surface area contributed by atoms with Gasteiger partial charge < -0.3 is 9.80 Å². The minimum absolute atomic E-state index is 0.118. The Morgan fingerprint density at radius 2 is 1.93 bits per heavy atom. The Balaban J connectivity index is 1.66. The Morgan fingerprint density at radius 3 is 2.50 bits per heavy atom. The second kappa shape index (κ2) is 8.04. The molecule has 0 bridgehead atoms. The van der Waals surface area contributed by atoms with Gasteiger partial charge in [-0.05, 0) is 32.4 Å². The van der Waals surface area contributed by atoms with Crippen LogP contribution < -0.4 is 0 Å². The fourth-order valence-corrected chi connectivity index (χ4v) is 3.30. The zero-order valence-corrected chi connectivity index (χ0v) is 16.1. The van der Waals surface area contributed by atoms with Crippen LogP contribution in [0.5, 0.6) is 0 Å². The molecule has 2 heterocycles. The van der Waals surface area contributed by atoms with E-state index in [1.807, 2.05) is 6.92 Å². The average molecular weight is 391 g/mol. The van der Waals surface area contributed by atoms with E-state index < -0.39 is 6.43 Å². The number of nitrogens with zero attached hydrogens (tertiary/aromatic N) is 5. The molecule has 0 saturated carbocycles. The lowest BCUT2D eigenvalue weighted by Crippen LogP contribution is -2.40. The molecule has 7 nitrogen and oxygen atoms in total. The van der Waals surface area contributed by atoms with Crippen molar-refractivity contribution >= 4 is 11.8 Å². The van der Waals surface area contributed by atoms with Crippen LogP contribution in [-0.2, 0) is 6.54 Å². The Hall–Kier alpha value is -2.84. The summed E-state index contributed by atoms with van der Waals surface area (Å²) in [5, 5.41) is 8.42. The van der Waals surface area contributed by atoms with Crippen molar-refractivity contribution in [1.82, 2.24) is 24.8 Å². The smallest absolute Gasteiger partial charge is 0.276 e. The van der Waals surface area contributed by atoms with Gasteiger partial charge in [-0.15, -0.1) is 5.10 Å². The summed E-state index contributed by atoms with van der Waals surface area (Å²) < 4.78 is 25.3. The van der Waals surface area contributed by atoms with Crippen LogP contribution in [0.25, 0.3) is 0 Å². The minimum atomic E-state index is -2.56. The first-order chi connectivity index (χ1) is 13.3. The van der Waals surface area contributed by atoms with Crippen molar-refractivity contribution in [3.63, 3.8) is 0 Å². The van der Waals surface area contributed by atoms with Crippen LogP contribution in [0.2, 0.25) is 0 Å². The Morgan fingerprint density at radius 1 is 1.25 bits per heavy atom. The molecule has 0 radical (unpaired) electrons. The molecule has 1 saturated heterocycles. The number of benzene rings is 1. The lowest BCUT2D eigenvalue weighted by molar-refractivity contribution is 0.0698. The number of alkyl halides is 2. The third-order valence-corrected chi connectivity index (χ3v) is 5.04. The third-order valence-electron chi connectivity index (χ3n) is 5.04. The number of likely N-dealkylation sites (N-methyl/N-ethyl adjacent to an activating group) is 1. The second-order valence-electron chi connectivity index (χ2n) is 6.85. The summed E-state index contributed by atoms with van der Waals surface area (Å²) >= 11 is 0. The van der Waals surface area contributed by atoms with Gasteiger partial charge in [-0.2, -0.15) is 9.90 Å². The van der Waals surface area contributed by atoms with E-state index in [0.29, 0.717) is 43.0 Å². The molecule has 1 aromatic carbocycles. The van der Waals surface area contributed by atoms with Gasteiger partial charge in [0.1, 0.15) is 0 Å². The van der Waals surface area contributed by atoms with Crippen molar-refractivity contribution in [2.75, 3.05) is 20.1 Å². The monoisotopic (exact) mass is 391 g/mol. The van der Waals surface area contributed by atoms with Crippen molar-refractivity contribution in [3.05, 3.63) is 46.8 Å². The van der Waals surface area contributed by atoms with Gasteiger partial charge >= 0.3 is 0 Å². The molecule has 0 N–H and O–H groups in total. The molecule has 1 aromatic heterocycles. The molecular weight excluding hydrogens is 368 g/mol. The molecule has 150 valence electrons. The summed E-state index contributed by atoms with van der Waals surface area (Å²) in [6.07, 6.45) is -1.92. The lowest BCUT2D eigenvalue weighted by Gasteiger charge is -2.25. The fraction of sp³-hybridized carbons (Fsp3) is 0.474. The van der Waals surface area contributed by atoms with Crippen molar-refractivity contribution in [3.8, 4) is 0 Å². The maximum absolute atomic E-state index is 12.7. The average Bonchev–Trinajstić information content (AvgIpc) is 3.33. The van der Waals surface area contributed by atoms with Crippen molar-refractivity contribution in [2.45, 2.75) is 39.3 Å². The zero-order valence-electron chi connectivity index (χ0n) is 16.1. The number of hydrogen-bond donors (Lipinski definition) is 0. The van der Waals surface area contributed by atoms with Crippen LogP contribution in [0.4, 0.5) is 8.78 Å². The van der Waals surface area contributed by atoms with Crippen LogP contribution in [-0.4, -0.2) is 62.8 Å². The largest absolute Gasteiger partial charge is 0.337 e.